The average Bonchev–Trinajstić information content (AvgIpc) is 2.47. The first-order valence-electron chi connectivity index (χ1n) is 6.99. The van der Waals surface area contributed by atoms with Crippen molar-refractivity contribution in [2.24, 2.45) is 11.8 Å². The van der Waals surface area contributed by atoms with Crippen LogP contribution in [-0.2, 0) is 0 Å². The number of aliphatic hydroxyl groups is 1. The summed E-state index contributed by atoms with van der Waals surface area (Å²) < 4.78 is 0. The van der Waals surface area contributed by atoms with Crippen LogP contribution in [0.15, 0.2) is 18.2 Å². The molecule has 110 valence electrons. The van der Waals surface area contributed by atoms with Crippen molar-refractivity contribution >= 4 is 17.5 Å². The van der Waals surface area contributed by atoms with Crippen molar-refractivity contribution in [3.05, 3.63) is 28.8 Å². The Morgan fingerprint density at radius 3 is 2.65 bits per heavy atom. The second-order valence-electron chi connectivity index (χ2n) is 5.36. The van der Waals surface area contributed by atoms with Gasteiger partial charge in [-0.3, -0.25) is 4.79 Å². The minimum atomic E-state index is -0.200. The van der Waals surface area contributed by atoms with E-state index in [2.05, 4.69) is 5.32 Å². The van der Waals surface area contributed by atoms with Crippen LogP contribution in [0.3, 0.4) is 0 Å². The van der Waals surface area contributed by atoms with Crippen LogP contribution in [0.25, 0.3) is 0 Å². The van der Waals surface area contributed by atoms with Crippen molar-refractivity contribution in [3.63, 3.8) is 0 Å². The summed E-state index contributed by atoms with van der Waals surface area (Å²) in [5.74, 6) is 0.391. The molecule has 2 unspecified atom stereocenters. The van der Waals surface area contributed by atoms with Crippen LogP contribution in [0.1, 0.15) is 36.0 Å². The standard InChI is InChI=1S/C15H20ClNO3/c16-13-7-10(5-6-14(13)19)15(20)17-8-11-3-1-2-4-12(11)9-18/h5-7,11-12,18-19H,1-4,8-9H2,(H,17,20). The van der Waals surface area contributed by atoms with Crippen molar-refractivity contribution in [3.8, 4) is 5.75 Å². The maximum atomic E-state index is 12.0. The Bertz CT molecular complexity index is 478. The highest BCUT2D eigenvalue weighted by atomic mass is 35.5. The molecule has 0 heterocycles. The van der Waals surface area contributed by atoms with Gasteiger partial charge in [-0.2, -0.15) is 0 Å². The number of benzene rings is 1. The zero-order valence-electron chi connectivity index (χ0n) is 11.3. The van der Waals surface area contributed by atoms with Gasteiger partial charge in [0.25, 0.3) is 5.91 Å². The molecule has 1 aromatic rings. The van der Waals surface area contributed by atoms with Crippen molar-refractivity contribution in [1.29, 1.82) is 0 Å². The van der Waals surface area contributed by atoms with Crippen LogP contribution >= 0.6 is 11.6 Å². The van der Waals surface area contributed by atoms with Crippen molar-refractivity contribution < 1.29 is 15.0 Å². The first-order valence-corrected chi connectivity index (χ1v) is 7.37. The molecule has 0 aliphatic heterocycles. The van der Waals surface area contributed by atoms with Gasteiger partial charge < -0.3 is 15.5 Å². The highest BCUT2D eigenvalue weighted by molar-refractivity contribution is 6.32. The summed E-state index contributed by atoms with van der Waals surface area (Å²) in [6.07, 6.45) is 4.38. The predicted molar refractivity (Wildman–Crippen MR) is 78.0 cm³/mol. The SMILES string of the molecule is O=C(NCC1CCCCC1CO)c1ccc(O)c(Cl)c1. The molecular weight excluding hydrogens is 278 g/mol. The Morgan fingerprint density at radius 1 is 1.30 bits per heavy atom. The fraction of sp³-hybridized carbons (Fsp3) is 0.533. The Hall–Kier alpha value is -1.26. The number of hydrogen-bond acceptors (Lipinski definition) is 3. The largest absolute Gasteiger partial charge is 0.506 e. The number of aliphatic hydroxyl groups excluding tert-OH is 1. The van der Waals surface area contributed by atoms with E-state index < -0.39 is 0 Å². The van der Waals surface area contributed by atoms with Crippen LogP contribution in [0.2, 0.25) is 5.02 Å². The Labute approximate surface area is 123 Å². The molecule has 2 rings (SSSR count). The lowest BCUT2D eigenvalue weighted by Gasteiger charge is -2.30. The Kier molecular flexibility index (Phi) is 5.26. The van der Waals surface area contributed by atoms with E-state index in [1.165, 1.54) is 12.1 Å². The molecule has 2 atom stereocenters. The topological polar surface area (TPSA) is 69.6 Å². The van der Waals surface area contributed by atoms with E-state index in [4.69, 9.17) is 11.6 Å². The summed E-state index contributed by atoms with van der Waals surface area (Å²) in [5.41, 5.74) is 0.434. The van der Waals surface area contributed by atoms with Crippen LogP contribution in [0.5, 0.6) is 5.75 Å². The maximum Gasteiger partial charge on any atom is 0.251 e. The molecule has 1 aromatic carbocycles. The third-order valence-corrected chi connectivity index (χ3v) is 4.34. The monoisotopic (exact) mass is 297 g/mol. The number of rotatable bonds is 4. The quantitative estimate of drug-likeness (QED) is 0.800. The zero-order valence-corrected chi connectivity index (χ0v) is 12.1. The summed E-state index contributed by atoms with van der Waals surface area (Å²) >= 11 is 5.79. The molecule has 0 saturated heterocycles. The summed E-state index contributed by atoms with van der Waals surface area (Å²) in [6, 6.07) is 4.41. The van der Waals surface area contributed by atoms with E-state index in [-0.39, 0.29) is 29.2 Å². The Morgan fingerprint density at radius 2 is 2.00 bits per heavy atom. The summed E-state index contributed by atoms with van der Waals surface area (Å²) in [7, 11) is 0. The maximum absolute atomic E-state index is 12.0. The number of phenolic OH excluding ortho intramolecular Hbond substituents is 1. The zero-order chi connectivity index (χ0) is 14.5. The van der Waals surface area contributed by atoms with Gasteiger partial charge in [0, 0.05) is 18.7 Å². The molecule has 1 saturated carbocycles. The molecule has 4 nitrogen and oxygen atoms in total. The number of halogens is 1. The van der Waals surface area contributed by atoms with Gasteiger partial charge >= 0.3 is 0 Å². The van der Waals surface area contributed by atoms with Gasteiger partial charge in [0.1, 0.15) is 5.75 Å². The summed E-state index contributed by atoms with van der Waals surface area (Å²) in [4.78, 5) is 12.0. The van der Waals surface area contributed by atoms with Gasteiger partial charge in [-0.25, -0.2) is 0 Å². The highest BCUT2D eigenvalue weighted by Crippen LogP contribution is 2.29. The van der Waals surface area contributed by atoms with Gasteiger partial charge in [0.05, 0.1) is 5.02 Å². The Balaban J connectivity index is 1.92. The van der Waals surface area contributed by atoms with Gasteiger partial charge in [-0.15, -0.1) is 0 Å². The lowest BCUT2D eigenvalue weighted by atomic mass is 9.79. The molecule has 1 fully saturated rings. The fourth-order valence-corrected chi connectivity index (χ4v) is 2.95. The third-order valence-electron chi connectivity index (χ3n) is 4.04. The number of carbonyl (C=O) groups is 1. The molecule has 3 N–H and O–H groups in total. The number of carbonyl (C=O) groups excluding carboxylic acids is 1. The van der Waals surface area contributed by atoms with E-state index in [0.717, 1.165) is 25.7 Å². The smallest absolute Gasteiger partial charge is 0.251 e. The molecule has 0 spiro atoms. The summed E-state index contributed by atoms with van der Waals surface area (Å²) in [6.45, 7) is 0.758. The second kappa shape index (κ2) is 6.95. The number of aromatic hydroxyl groups is 1. The molecule has 5 heteroatoms. The van der Waals surface area contributed by atoms with Crippen LogP contribution in [0, 0.1) is 11.8 Å². The second-order valence-corrected chi connectivity index (χ2v) is 5.77. The molecule has 1 aliphatic carbocycles. The normalized spacial score (nSPS) is 22.5. The molecule has 1 amide bonds. The minimum Gasteiger partial charge on any atom is -0.506 e. The molecule has 1 aliphatic rings. The van der Waals surface area contributed by atoms with E-state index in [0.29, 0.717) is 18.0 Å². The van der Waals surface area contributed by atoms with Gasteiger partial charge in [-0.1, -0.05) is 24.4 Å². The number of amides is 1. The average molecular weight is 298 g/mol. The highest BCUT2D eigenvalue weighted by Gasteiger charge is 2.24. The van der Waals surface area contributed by atoms with Crippen LogP contribution < -0.4 is 5.32 Å². The fourth-order valence-electron chi connectivity index (χ4n) is 2.77. The van der Waals surface area contributed by atoms with E-state index >= 15 is 0 Å². The number of nitrogens with one attached hydrogen (secondary N) is 1. The third kappa shape index (κ3) is 3.64. The van der Waals surface area contributed by atoms with E-state index in [1.807, 2.05) is 0 Å². The molecule has 0 bridgehead atoms. The lowest BCUT2D eigenvalue weighted by Crippen LogP contribution is -2.35. The van der Waals surface area contributed by atoms with E-state index in [9.17, 15) is 15.0 Å². The molecule has 0 aromatic heterocycles. The van der Waals surface area contributed by atoms with Crippen LogP contribution in [0.4, 0.5) is 0 Å². The van der Waals surface area contributed by atoms with Gasteiger partial charge in [-0.05, 0) is 42.9 Å². The first-order chi connectivity index (χ1) is 9.61. The lowest BCUT2D eigenvalue weighted by molar-refractivity contribution is 0.0909. The van der Waals surface area contributed by atoms with Crippen molar-refractivity contribution in [1.82, 2.24) is 5.32 Å². The predicted octanol–water partition coefficient (Wildman–Crippen LogP) is 2.57. The number of hydrogen-bond donors (Lipinski definition) is 3. The van der Waals surface area contributed by atoms with Gasteiger partial charge in [0.2, 0.25) is 0 Å². The molecule has 0 radical (unpaired) electrons. The van der Waals surface area contributed by atoms with Crippen molar-refractivity contribution in [2.75, 3.05) is 13.2 Å². The molecule has 20 heavy (non-hydrogen) atoms. The number of phenols is 1. The minimum absolute atomic E-state index is 0.0316. The molecular formula is C15H20ClNO3. The summed E-state index contributed by atoms with van der Waals surface area (Å²) in [5, 5.41) is 21.7. The first kappa shape index (κ1) is 15.1. The van der Waals surface area contributed by atoms with Gasteiger partial charge in [0.15, 0.2) is 0 Å². The van der Waals surface area contributed by atoms with Crippen molar-refractivity contribution in [2.45, 2.75) is 25.7 Å². The van der Waals surface area contributed by atoms with E-state index in [1.54, 1.807) is 6.07 Å². The van der Waals surface area contributed by atoms with Crippen LogP contribution in [-0.4, -0.2) is 29.3 Å².